The topological polar surface area (TPSA) is 702 Å². The summed E-state index contributed by atoms with van der Waals surface area (Å²) < 4.78 is 5.68. The number of benzene rings is 2. The Balaban J connectivity index is 1.87. The molecule has 3 unspecified atom stereocenters. The molecule has 0 bridgehead atoms. The Labute approximate surface area is 657 Å². The lowest BCUT2D eigenvalue weighted by Gasteiger charge is -2.30. The first-order valence-electron chi connectivity index (χ1n) is 36.8. The molecular weight excluding hydrogens is 1520 g/mol. The summed E-state index contributed by atoms with van der Waals surface area (Å²) in [5.74, 6) is -29.7. The number of ketones is 1. The van der Waals surface area contributed by atoms with Crippen LogP contribution in [0.25, 0.3) is 10.9 Å². The van der Waals surface area contributed by atoms with Gasteiger partial charge in [-0.25, -0.2) is 4.79 Å². The fourth-order valence-electron chi connectivity index (χ4n) is 11.7. The Morgan fingerprint density at radius 1 is 0.548 bits per heavy atom. The largest absolute Gasteiger partial charge is 0.481 e. The highest BCUT2D eigenvalue weighted by Gasteiger charge is 2.41. The molecule has 0 radical (unpaired) electrons. The smallest absolute Gasteiger partial charge is 0.329 e. The number of unbranched alkanes of at least 4 members (excludes halogenated alkanes) is 6. The van der Waals surface area contributed by atoms with E-state index in [0.29, 0.717) is 29.3 Å². The molecule has 1 aliphatic heterocycles. The van der Waals surface area contributed by atoms with Crippen LogP contribution in [0.5, 0.6) is 0 Å². The number of anilines is 1. The number of carboxylic acid groups (broad SMARTS) is 4. The number of primary amides is 1. The van der Waals surface area contributed by atoms with Gasteiger partial charge in [-0.1, -0.05) is 82.7 Å². The van der Waals surface area contributed by atoms with E-state index in [2.05, 4.69) is 65.1 Å². The molecular formula is C72H101N17O26. The highest BCUT2D eigenvalue weighted by Crippen LogP contribution is 2.22. The maximum atomic E-state index is 14.8. The van der Waals surface area contributed by atoms with Crippen LogP contribution in [0.15, 0.2) is 54.7 Å². The molecule has 0 aliphatic carbocycles. The van der Waals surface area contributed by atoms with Crippen molar-refractivity contribution in [3.8, 4) is 0 Å². The number of aliphatic hydroxyl groups is 1. The van der Waals surface area contributed by atoms with Crippen molar-refractivity contribution in [2.24, 2.45) is 17.4 Å². The molecule has 630 valence electrons. The molecule has 2 aromatic carbocycles. The number of carbonyl (C=O) groups excluding carboxylic acids is 16. The second-order valence-corrected chi connectivity index (χ2v) is 27.2. The van der Waals surface area contributed by atoms with Crippen molar-refractivity contribution >= 4 is 135 Å². The fourth-order valence-corrected chi connectivity index (χ4v) is 11.7. The summed E-state index contributed by atoms with van der Waals surface area (Å²) in [6, 6.07) is -10.5. The van der Waals surface area contributed by atoms with E-state index in [1.807, 2.05) is 16.0 Å². The number of H-pyrrole nitrogens is 1. The maximum Gasteiger partial charge on any atom is 0.329 e. The molecule has 1 fully saturated rings. The Kier molecular flexibility index (Phi) is 39.2. The van der Waals surface area contributed by atoms with E-state index in [9.17, 15) is 121 Å². The molecule has 4 rings (SSSR count). The van der Waals surface area contributed by atoms with Crippen LogP contribution in [0, 0.1) is 5.92 Å². The summed E-state index contributed by atoms with van der Waals surface area (Å²) in [7, 11) is 0. The number of para-hydroxylation sites is 2. The highest BCUT2D eigenvalue weighted by atomic mass is 16.5. The molecule has 25 N–H and O–H groups in total. The third-order valence-electron chi connectivity index (χ3n) is 17.9. The summed E-state index contributed by atoms with van der Waals surface area (Å²) in [5, 5.41) is 78.7. The van der Waals surface area contributed by atoms with Gasteiger partial charge in [0.2, 0.25) is 82.7 Å². The second-order valence-electron chi connectivity index (χ2n) is 27.2. The molecule has 1 aromatic heterocycles. The van der Waals surface area contributed by atoms with Crippen LogP contribution in [-0.4, -0.2) is 248 Å². The predicted octanol–water partition coefficient (Wildman–Crippen LogP) is -5.62. The zero-order valence-electron chi connectivity index (χ0n) is 63.6. The molecule has 43 nitrogen and oxygen atoms in total. The molecule has 3 aromatic rings. The summed E-state index contributed by atoms with van der Waals surface area (Å²) in [4.78, 5) is 276. The van der Waals surface area contributed by atoms with Gasteiger partial charge in [0.25, 0.3) is 0 Å². The number of aliphatic hydroxyl groups excluding tert-OH is 1. The van der Waals surface area contributed by atoms with E-state index in [-0.39, 0.29) is 37.1 Å². The maximum absolute atomic E-state index is 14.8. The lowest BCUT2D eigenvalue weighted by molar-refractivity contribution is -0.156. The highest BCUT2D eigenvalue weighted by molar-refractivity contribution is 6.05. The van der Waals surface area contributed by atoms with E-state index in [4.69, 9.17) is 21.9 Å². The molecule has 13 atom stereocenters. The minimum atomic E-state index is -2.45. The van der Waals surface area contributed by atoms with Crippen LogP contribution >= 0.6 is 0 Å². The zero-order chi connectivity index (χ0) is 85.8. The van der Waals surface area contributed by atoms with Gasteiger partial charge < -0.3 is 122 Å². The minimum Gasteiger partial charge on any atom is -0.481 e. The Morgan fingerprint density at radius 2 is 1.09 bits per heavy atom. The first-order chi connectivity index (χ1) is 54.4. The third kappa shape index (κ3) is 32.5. The summed E-state index contributed by atoms with van der Waals surface area (Å²) in [6.45, 7) is 1.11. The second kappa shape index (κ2) is 47.6. The Morgan fingerprint density at radius 3 is 1.69 bits per heavy atom. The van der Waals surface area contributed by atoms with Gasteiger partial charge in [0, 0.05) is 47.6 Å². The average molecular weight is 1620 g/mol. The van der Waals surface area contributed by atoms with Crippen LogP contribution in [0.3, 0.4) is 0 Å². The van der Waals surface area contributed by atoms with Gasteiger partial charge >= 0.3 is 29.8 Å². The molecule has 14 amide bonds. The summed E-state index contributed by atoms with van der Waals surface area (Å²) in [5.41, 5.74) is 18.1. The number of nitrogens with one attached hydrogen (secondary N) is 14. The van der Waals surface area contributed by atoms with E-state index in [1.165, 1.54) is 24.3 Å². The van der Waals surface area contributed by atoms with Crippen LogP contribution in [0.1, 0.15) is 146 Å². The monoisotopic (exact) mass is 1620 g/mol. The standard InChI is InChI=1S/C72H101N17O26/c1-5-6-7-8-9-10-11-22-53(93)81-44(25-38-31-76-42-20-15-13-17-39(38)42)66(108)84-45(27-52(75)92)67(109)86-48(30-59(102)103)68(110)89-61-37(4)115-72(114)49(26-51(91)40-18-12-14-19-41(40)74)87-71(113)60(35(2)24-56(96)97)88-69(111)50(34-90)82-55(95)32-77-63(105)46(28-57(98)99)83-62(104)36(3)79-65(107)47(29-58(100)101)85-64(106)43(21-16-23-73)80-54(94)33-78-70(61)112/h12-15,17-20,31,35-37,43-50,60-61,76,90H,5-11,16,21-30,32-34,73-74H2,1-4H3,(H2,75,92)(H,77,105)(H,78,112)(H,79,107)(H,80,94)(H,81,93)(H,82,95)(H,83,104)(H,84,108)(H,85,106)(H,86,109)(H,87,113)(H,88,111)(H,89,110)(H,96,97)(H,98,99)(H,100,101)(H,102,103)/t35-,36-,37?,43+,44+,45+,46+,47+,48+,49+,50-,60?,61?/m1/s1. The van der Waals surface area contributed by atoms with Crippen molar-refractivity contribution in [3.05, 3.63) is 65.9 Å². The molecule has 2 heterocycles. The first-order valence-corrected chi connectivity index (χ1v) is 36.8. The number of carboxylic acids is 4. The SMILES string of the molecule is CCCCCCCCCC(=O)N[C@@H](Cc1c[nH]c2ccccc12)C(=O)N[C@@H](CC(N)=O)C(=O)N[C@@H](CC(=O)O)C(=O)NC1C(=O)NCC(=O)N[C@@H](CCCN)C(=O)N[C@@H](CC(=O)O)C(=O)N[C@H](C)C(=O)N[C@@H](CC(=O)O)C(=O)NCC(=O)N[C@H](CO)C(=O)NC([C@H](C)CC(=O)O)C(=O)N[C@@H](CC(=O)c2ccccc2N)C(=O)OC1C. The van der Waals surface area contributed by atoms with Crippen LogP contribution in [-0.2, 0) is 102 Å². The molecule has 0 spiro atoms. The van der Waals surface area contributed by atoms with E-state index >= 15 is 0 Å². The van der Waals surface area contributed by atoms with Crippen LogP contribution in [0.2, 0.25) is 0 Å². The number of nitrogens with two attached hydrogens (primary N) is 3. The molecule has 0 saturated carbocycles. The number of ether oxygens (including phenoxy) is 1. The quantitative estimate of drug-likeness (QED) is 0.0113. The van der Waals surface area contributed by atoms with Gasteiger partial charge in [-0.05, 0) is 69.3 Å². The number of rotatable bonds is 35. The van der Waals surface area contributed by atoms with Crippen molar-refractivity contribution in [3.63, 3.8) is 0 Å². The van der Waals surface area contributed by atoms with Crippen molar-refractivity contribution in [2.75, 3.05) is 32.0 Å². The van der Waals surface area contributed by atoms with Gasteiger partial charge in [-0.15, -0.1) is 0 Å². The minimum absolute atomic E-state index is 0.0186. The number of cyclic esters (lactones) is 1. The van der Waals surface area contributed by atoms with Gasteiger partial charge in [0.15, 0.2) is 5.78 Å². The number of aromatic amines is 1. The number of aromatic nitrogens is 1. The van der Waals surface area contributed by atoms with E-state index < -0.39 is 261 Å². The van der Waals surface area contributed by atoms with Crippen molar-refractivity contribution in [1.29, 1.82) is 0 Å². The van der Waals surface area contributed by atoms with Crippen molar-refractivity contribution in [2.45, 2.75) is 209 Å². The number of Topliss-reactive ketones (excluding diaryl/α,β-unsaturated/α-hetero) is 1. The van der Waals surface area contributed by atoms with E-state index in [1.54, 1.807) is 30.5 Å². The molecule has 1 aliphatic rings. The fraction of sp³-hybridized carbons (Fsp3) is 0.528. The van der Waals surface area contributed by atoms with Crippen molar-refractivity contribution < 1.29 is 126 Å². The van der Waals surface area contributed by atoms with E-state index in [0.717, 1.165) is 52.9 Å². The molecule has 1 saturated heterocycles. The zero-order valence-corrected chi connectivity index (χ0v) is 63.6. The third-order valence-corrected chi connectivity index (χ3v) is 17.9. The average Bonchev–Trinajstić information content (AvgIpc) is 1.72. The number of hydrogen-bond donors (Lipinski definition) is 22. The number of fused-ring (bicyclic) bond motifs is 1. The van der Waals surface area contributed by atoms with Crippen LogP contribution in [0.4, 0.5) is 5.69 Å². The van der Waals surface area contributed by atoms with Gasteiger partial charge in [0.1, 0.15) is 72.6 Å². The number of amides is 14. The first kappa shape index (κ1) is 94.7. The summed E-state index contributed by atoms with van der Waals surface area (Å²) in [6.07, 6.45) is -2.33. The number of hydrogen-bond acceptors (Lipinski definition) is 24. The predicted molar refractivity (Wildman–Crippen MR) is 400 cm³/mol. The number of esters is 1. The lowest BCUT2D eigenvalue weighted by atomic mass is 9.96. The molecule has 115 heavy (non-hydrogen) atoms. The lowest BCUT2D eigenvalue weighted by Crippen LogP contribution is -2.62. The van der Waals surface area contributed by atoms with Gasteiger partial charge in [-0.3, -0.25) is 91.1 Å². The number of nitrogen functional groups attached to an aromatic ring is 1. The summed E-state index contributed by atoms with van der Waals surface area (Å²) >= 11 is 0. The van der Waals surface area contributed by atoms with Gasteiger partial charge in [0.05, 0.1) is 51.8 Å². The van der Waals surface area contributed by atoms with Crippen molar-refractivity contribution in [1.82, 2.24) is 74.1 Å². The Bertz CT molecular complexity index is 4040. The van der Waals surface area contributed by atoms with Gasteiger partial charge in [-0.2, -0.15) is 0 Å². The number of aliphatic carboxylic acids is 4. The normalized spacial score (nSPS) is 21.2. The Hall–Kier alpha value is -12.7. The van der Waals surface area contributed by atoms with Crippen LogP contribution < -0.4 is 86.3 Å². The molecule has 43 heteroatoms. The number of carbonyl (C=O) groups is 20.